The molecule has 0 aromatic heterocycles. The van der Waals surface area contributed by atoms with Gasteiger partial charge in [-0.3, -0.25) is 0 Å². The number of nitrogens with one attached hydrogen (secondary N) is 1. The van der Waals surface area contributed by atoms with Crippen LogP contribution in [0.1, 0.15) is 0 Å². The van der Waals surface area contributed by atoms with Gasteiger partial charge in [-0.25, -0.2) is 0 Å². The molecule has 2 nitrogen and oxygen atoms in total. The van der Waals surface area contributed by atoms with Crippen LogP contribution < -0.4 is 10.2 Å². The van der Waals surface area contributed by atoms with Gasteiger partial charge in [-0.1, -0.05) is 18.2 Å². The van der Waals surface area contributed by atoms with Gasteiger partial charge in [-0.05, 0) is 12.1 Å². The maximum absolute atomic E-state index is 3.77. The van der Waals surface area contributed by atoms with Crippen molar-refractivity contribution in [3.63, 3.8) is 0 Å². The minimum Gasteiger partial charge on any atom is -0.382 e. The fraction of sp³-hybridized carbons (Fsp3) is 0.273. The summed E-state index contributed by atoms with van der Waals surface area (Å²) in [7, 11) is 0. The van der Waals surface area contributed by atoms with Crippen LogP contribution in [0.15, 0.2) is 36.9 Å². The Kier molecular flexibility index (Phi) is 2.21. The summed E-state index contributed by atoms with van der Waals surface area (Å²) in [5.41, 5.74) is 2.52. The van der Waals surface area contributed by atoms with E-state index in [-0.39, 0.29) is 0 Å². The molecule has 0 atom stereocenters. The lowest BCUT2D eigenvalue weighted by Crippen LogP contribution is -2.33. The molecule has 1 aromatic rings. The Morgan fingerprint density at radius 2 is 2.31 bits per heavy atom. The zero-order valence-electron chi connectivity index (χ0n) is 7.66. The van der Waals surface area contributed by atoms with E-state index >= 15 is 0 Å². The average Bonchev–Trinajstić information content (AvgIpc) is 2.19. The first-order valence-corrected chi connectivity index (χ1v) is 4.60. The second kappa shape index (κ2) is 3.52. The van der Waals surface area contributed by atoms with Crippen molar-refractivity contribution in [2.75, 3.05) is 29.9 Å². The van der Waals surface area contributed by atoms with Gasteiger partial charge in [0.2, 0.25) is 0 Å². The predicted molar refractivity (Wildman–Crippen MR) is 57.3 cm³/mol. The lowest BCUT2D eigenvalue weighted by atomic mass is 10.2. The van der Waals surface area contributed by atoms with Gasteiger partial charge in [0.15, 0.2) is 0 Å². The third-order valence-electron chi connectivity index (χ3n) is 2.29. The Hall–Kier alpha value is -1.44. The molecule has 0 fully saturated rings. The van der Waals surface area contributed by atoms with E-state index in [1.807, 2.05) is 6.08 Å². The summed E-state index contributed by atoms with van der Waals surface area (Å²) in [5, 5.41) is 3.38. The standard InChI is InChI=1S/C11H14N2/c1-2-8-13-9-7-12-10-5-3-4-6-11(10)13/h2-6,12H,1,7-9H2. The normalized spacial score (nSPS) is 14.6. The topological polar surface area (TPSA) is 15.3 Å². The number of hydrogen-bond donors (Lipinski definition) is 1. The van der Waals surface area contributed by atoms with Crippen LogP contribution in [-0.4, -0.2) is 19.6 Å². The zero-order chi connectivity index (χ0) is 9.10. The highest BCUT2D eigenvalue weighted by molar-refractivity contribution is 5.72. The molecule has 0 aliphatic carbocycles. The first kappa shape index (κ1) is 8.17. The molecular weight excluding hydrogens is 160 g/mol. The van der Waals surface area contributed by atoms with Gasteiger partial charge in [0, 0.05) is 19.6 Å². The van der Waals surface area contributed by atoms with Crippen LogP contribution in [-0.2, 0) is 0 Å². The SMILES string of the molecule is C=CCN1CCNc2ccccc21. The highest BCUT2D eigenvalue weighted by Gasteiger charge is 2.13. The Bertz CT molecular complexity index is 307. The summed E-state index contributed by atoms with van der Waals surface area (Å²) in [4.78, 5) is 2.33. The molecule has 0 saturated carbocycles. The summed E-state index contributed by atoms with van der Waals surface area (Å²) < 4.78 is 0. The Morgan fingerprint density at radius 3 is 3.15 bits per heavy atom. The van der Waals surface area contributed by atoms with Crippen LogP contribution in [0.4, 0.5) is 11.4 Å². The highest BCUT2D eigenvalue weighted by Crippen LogP contribution is 2.27. The van der Waals surface area contributed by atoms with Crippen molar-refractivity contribution in [3.05, 3.63) is 36.9 Å². The van der Waals surface area contributed by atoms with Crippen LogP contribution in [0, 0.1) is 0 Å². The molecule has 0 radical (unpaired) electrons. The largest absolute Gasteiger partial charge is 0.382 e. The molecule has 1 aliphatic heterocycles. The molecular formula is C11H14N2. The highest BCUT2D eigenvalue weighted by atomic mass is 15.2. The maximum atomic E-state index is 3.77. The summed E-state index contributed by atoms with van der Waals surface area (Å²) >= 11 is 0. The van der Waals surface area contributed by atoms with Crippen molar-refractivity contribution < 1.29 is 0 Å². The Morgan fingerprint density at radius 1 is 1.46 bits per heavy atom. The monoisotopic (exact) mass is 174 g/mol. The third-order valence-corrected chi connectivity index (χ3v) is 2.29. The summed E-state index contributed by atoms with van der Waals surface area (Å²) in [6.45, 7) is 6.77. The van der Waals surface area contributed by atoms with Crippen molar-refractivity contribution in [3.8, 4) is 0 Å². The molecule has 0 spiro atoms. The van der Waals surface area contributed by atoms with Crippen LogP contribution in [0.3, 0.4) is 0 Å². The number of nitrogens with zero attached hydrogens (tertiary/aromatic N) is 1. The van der Waals surface area contributed by atoms with Gasteiger partial charge in [-0.15, -0.1) is 6.58 Å². The van der Waals surface area contributed by atoms with E-state index in [2.05, 4.69) is 41.1 Å². The lowest BCUT2D eigenvalue weighted by Gasteiger charge is -2.30. The van der Waals surface area contributed by atoms with Crippen LogP contribution in [0.2, 0.25) is 0 Å². The minimum absolute atomic E-state index is 0.929. The molecule has 0 amide bonds. The maximum Gasteiger partial charge on any atom is 0.0605 e. The number of anilines is 2. The first-order valence-electron chi connectivity index (χ1n) is 4.60. The predicted octanol–water partition coefficient (Wildman–Crippen LogP) is 2.10. The van der Waals surface area contributed by atoms with Gasteiger partial charge in [0.25, 0.3) is 0 Å². The van der Waals surface area contributed by atoms with E-state index in [9.17, 15) is 0 Å². The number of rotatable bonds is 2. The van der Waals surface area contributed by atoms with E-state index in [4.69, 9.17) is 0 Å². The molecule has 1 aromatic carbocycles. The zero-order valence-corrected chi connectivity index (χ0v) is 7.66. The van der Waals surface area contributed by atoms with Gasteiger partial charge in [-0.2, -0.15) is 0 Å². The van der Waals surface area contributed by atoms with Gasteiger partial charge < -0.3 is 10.2 Å². The summed E-state index contributed by atoms with van der Waals surface area (Å²) in [6.07, 6.45) is 1.95. The van der Waals surface area contributed by atoms with Crippen LogP contribution >= 0.6 is 0 Å². The third kappa shape index (κ3) is 1.52. The van der Waals surface area contributed by atoms with E-state index in [0.29, 0.717) is 0 Å². The number of hydrogen-bond acceptors (Lipinski definition) is 2. The molecule has 2 rings (SSSR count). The molecule has 0 unspecified atom stereocenters. The lowest BCUT2D eigenvalue weighted by molar-refractivity contribution is 0.844. The van der Waals surface area contributed by atoms with Crippen molar-refractivity contribution in [1.82, 2.24) is 0 Å². The van der Waals surface area contributed by atoms with E-state index in [0.717, 1.165) is 19.6 Å². The van der Waals surface area contributed by atoms with Gasteiger partial charge in [0.05, 0.1) is 11.4 Å². The van der Waals surface area contributed by atoms with Crippen molar-refractivity contribution in [2.24, 2.45) is 0 Å². The van der Waals surface area contributed by atoms with Crippen LogP contribution in [0.5, 0.6) is 0 Å². The second-order valence-corrected chi connectivity index (χ2v) is 3.18. The summed E-state index contributed by atoms with van der Waals surface area (Å²) in [5.74, 6) is 0. The van der Waals surface area contributed by atoms with E-state index in [1.165, 1.54) is 11.4 Å². The van der Waals surface area contributed by atoms with E-state index in [1.54, 1.807) is 0 Å². The molecule has 0 bridgehead atoms. The number of para-hydroxylation sites is 2. The first-order chi connectivity index (χ1) is 6.42. The fourth-order valence-corrected chi connectivity index (χ4v) is 1.69. The molecule has 2 heteroatoms. The number of fused-ring (bicyclic) bond motifs is 1. The molecule has 1 heterocycles. The number of benzene rings is 1. The Labute approximate surface area is 78.9 Å². The average molecular weight is 174 g/mol. The smallest absolute Gasteiger partial charge is 0.0605 e. The second-order valence-electron chi connectivity index (χ2n) is 3.18. The Balaban J connectivity index is 2.31. The van der Waals surface area contributed by atoms with Crippen molar-refractivity contribution >= 4 is 11.4 Å². The molecule has 68 valence electrons. The molecule has 13 heavy (non-hydrogen) atoms. The van der Waals surface area contributed by atoms with Crippen molar-refractivity contribution in [1.29, 1.82) is 0 Å². The molecule has 1 aliphatic rings. The van der Waals surface area contributed by atoms with E-state index < -0.39 is 0 Å². The van der Waals surface area contributed by atoms with Gasteiger partial charge in [0.1, 0.15) is 0 Å². The quantitative estimate of drug-likeness (QED) is 0.691. The fourth-order valence-electron chi connectivity index (χ4n) is 1.69. The molecule has 1 N–H and O–H groups in total. The van der Waals surface area contributed by atoms with Gasteiger partial charge >= 0.3 is 0 Å². The summed E-state index contributed by atoms with van der Waals surface area (Å²) in [6, 6.07) is 8.39. The van der Waals surface area contributed by atoms with Crippen LogP contribution in [0.25, 0.3) is 0 Å². The van der Waals surface area contributed by atoms with Crippen molar-refractivity contribution in [2.45, 2.75) is 0 Å². The minimum atomic E-state index is 0.929. The molecule has 0 saturated heterocycles.